The lowest BCUT2D eigenvalue weighted by Crippen LogP contribution is -1.97. The average molecular weight is 249 g/mol. The van der Waals surface area contributed by atoms with Crippen molar-refractivity contribution >= 4 is 5.69 Å². The van der Waals surface area contributed by atoms with Crippen molar-refractivity contribution in [1.82, 2.24) is 9.78 Å². The fourth-order valence-corrected chi connectivity index (χ4v) is 1.61. The van der Waals surface area contributed by atoms with E-state index in [1.54, 1.807) is 19.2 Å². The van der Waals surface area contributed by atoms with Gasteiger partial charge in [-0.15, -0.1) is 0 Å². The largest absolute Gasteiger partial charge is 0.508 e. The molecule has 0 aliphatic rings. The number of ether oxygens (including phenoxy) is 1. The molecule has 0 aliphatic carbocycles. The van der Waals surface area contributed by atoms with Gasteiger partial charge in [0.05, 0.1) is 4.92 Å². The van der Waals surface area contributed by atoms with Crippen molar-refractivity contribution in [3.8, 4) is 17.4 Å². The van der Waals surface area contributed by atoms with E-state index in [2.05, 4.69) is 5.10 Å². The minimum absolute atomic E-state index is 0.0223. The van der Waals surface area contributed by atoms with E-state index in [-0.39, 0.29) is 23.0 Å². The van der Waals surface area contributed by atoms with Gasteiger partial charge in [0.15, 0.2) is 0 Å². The zero-order valence-electron chi connectivity index (χ0n) is 9.82. The molecule has 0 saturated heterocycles. The third kappa shape index (κ3) is 2.10. The quantitative estimate of drug-likeness (QED) is 0.664. The molecule has 0 saturated carbocycles. The Morgan fingerprint density at radius 3 is 2.83 bits per heavy atom. The van der Waals surface area contributed by atoms with Gasteiger partial charge in [0.25, 0.3) is 5.88 Å². The summed E-state index contributed by atoms with van der Waals surface area (Å²) in [5, 5.41) is 24.2. The summed E-state index contributed by atoms with van der Waals surface area (Å²) in [6.45, 7) is 1.54. The van der Waals surface area contributed by atoms with E-state index in [4.69, 9.17) is 4.74 Å². The first kappa shape index (κ1) is 11.9. The van der Waals surface area contributed by atoms with Crippen LogP contribution in [0.1, 0.15) is 5.69 Å². The van der Waals surface area contributed by atoms with Crippen molar-refractivity contribution in [3.63, 3.8) is 0 Å². The summed E-state index contributed by atoms with van der Waals surface area (Å²) in [5.74, 6) is 0.359. The van der Waals surface area contributed by atoms with E-state index >= 15 is 0 Å². The molecule has 7 heteroatoms. The topological polar surface area (TPSA) is 90.4 Å². The molecular weight excluding hydrogens is 238 g/mol. The van der Waals surface area contributed by atoms with E-state index in [0.29, 0.717) is 5.75 Å². The van der Waals surface area contributed by atoms with Crippen molar-refractivity contribution in [2.45, 2.75) is 6.92 Å². The molecule has 0 atom stereocenters. The fraction of sp³-hybridized carbons (Fsp3) is 0.182. The van der Waals surface area contributed by atoms with Crippen LogP contribution in [-0.4, -0.2) is 19.8 Å². The molecule has 1 N–H and O–H groups in total. The second-order valence-corrected chi connectivity index (χ2v) is 3.72. The molecule has 0 amide bonds. The number of nitrogens with zero attached hydrogens (tertiary/aromatic N) is 3. The maximum Gasteiger partial charge on any atom is 0.353 e. The zero-order valence-corrected chi connectivity index (χ0v) is 9.82. The Labute approximate surface area is 102 Å². The second kappa shape index (κ2) is 4.36. The first-order valence-corrected chi connectivity index (χ1v) is 5.14. The molecule has 18 heavy (non-hydrogen) atoms. The van der Waals surface area contributed by atoms with Crippen LogP contribution < -0.4 is 4.74 Å². The van der Waals surface area contributed by atoms with Crippen LogP contribution in [0.3, 0.4) is 0 Å². The number of nitro groups is 1. The monoisotopic (exact) mass is 249 g/mol. The van der Waals surface area contributed by atoms with Crippen LogP contribution in [0.2, 0.25) is 0 Å². The number of hydrogen-bond donors (Lipinski definition) is 1. The Balaban J connectivity index is 2.43. The lowest BCUT2D eigenvalue weighted by atomic mass is 10.3. The molecule has 0 fully saturated rings. The number of rotatable bonds is 3. The van der Waals surface area contributed by atoms with Crippen LogP contribution in [0.15, 0.2) is 24.3 Å². The first-order chi connectivity index (χ1) is 8.49. The van der Waals surface area contributed by atoms with Gasteiger partial charge in [-0.3, -0.25) is 10.1 Å². The standard InChI is InChI=1S/C11H11N3O4/c1-7-10(14(16)17)11(13(2)12-7)18-9-5-3-4-8(15)6-9/h3-6,15H,1-2H3. The minimum atomic E-state index is -0.541. The van der Waals surface area contributed by atoms with Crippen LogP contribution in [0.4, 0.5) is 5.69 Å². The number of phenols is 1. The summed E-state index contributed by atoms with van der Waals surface area (Å²) in [7, 11) is 1.55. The summed E-state index contributed by atoms with van der Waals surface area (Å²) in [4.78, 5) is 10.4. The molecule has 0 spiro atoms. The Morgan fingerprint density at radius 2 is 2.22 bits per heavy atom. The fourth-order valence-electron chi connectivity index (χ4n) is 1.61. The number of aromatic nitrogens is 2. The van der Waals surface area contributed by atoms with Gasteiger partial charge in [-0.1, -0.05) is 6.07 Å². The Morgan fingerprint density at radius 1 is 1.50 bits per heavy atom. The van der Waals surface area contributed by atoms with Gasteiger partial charge in [0.2, 0.25) is 0 Å². The van der Waals surface area contributed by atoms with E-state index in [0.717, 1.165) is 0 Å². The van der Waals surface area contributed by atoms with Crippen LogP contribution in [0, 0.1) is 17.0 Å². The molecule has 0 bridgehead atoms. The number of aryl methyl sites for hydroxylation is 2. The van der Waals surface area contributed by atoms with Crippen molar-refractivity contribution in [1.29, 1.82) is 0 Å². The number of aromatic hydroxyl groups is 1. The van der Waals surface area contributed by atoms with Gasteiger partial charge in [-0.25, -0.2) is 4.68 Å². The van der Waals surface area contributed by atoms with E-state index in [9.17, 15) is 15.2 Å². The maximum atomic E-state index is 10.9. The van der Waals surface area contributed by atoms with Gasteiger partial charge < -0.3 is 9.84 Å². The minimum Gasteiger partial charge on any atom is -0.508 e. The smallest absolute Gasteiger partial charge is 0.353 e. The Bertz CT molecular complexity index is 606. The van der Waals surface area contributed by atoms with Gasteiger partial charge in [0, 0.05) is 13.1 Å². The van der Waals surface area contributed by atoms with E-state index in [1.165, 1.54) is 23.7 Å². The van der Waals surface area contributed by atoms with E-state index in [1.807, 2.05) is 0 Å². The highest BCUT2D eigenvalue weighted by atomic mass is 16.6. The summed E-state index contributed by atoms with van der Waals surface area (Å²) in [6.07, 6.45) is 0. The molecule has 1 heterocycles. The zero-order chi connectivity index (χ0) is 13.3. The predicted octanol–water partition coefficient (Wildman–Crippen LogP) is 2.13. The van der Waals surface area contributed by atoms with Gasteiger partial charge >= 0.3 is 5.69 Å². The third-order valence-corrected chi connectivity index (χ3v) is 2.35. The molecule has 2 rings (SSSR count). The highest BCUT2D eigenvalue weighted by Gasteiger charge is 2.26. The number of hydrogen-bond acceptors (Lipinski definition) is 5. The SMILES string of the molecule is Cc1nn(C)c(Oc2cccc(O)c2)c1[N+](=O)[O-]. The lowest BCUT2D eigenvalue weighted by Gasteiger charge is -2.05. The van der Waals surface area contributed by atoms with Crippen LogP contribution in [0.5, 0.6) is 17.4 Å². The van der Waals surface area contributed by atoms with Gasteiger partial charge in [-0.05, 0) is 19.1 Å². The van der Waals surface area contributed by atoms with Crippen molar-refractivity contribution in [3.05, 3.63) is 40.1 Å². The Kier molecular flexibility index (Phi) is 2.88. The normalized spacial score (nSPS) is 10.3. The van der Waals surface area contributed by atoms with Crippen molar-refractivity contribution < 1.29 is 14.8 Å². The van der Waals surface area contributed by atoms with Crippen LogP contribution >= 0.6 is 0 Å². The van der Waals surface area contributed by atoms with Gasteiger partial charge in [-0.2, -0.15) is 5.10 Å². The highest BCUT2D eigenvalue weighted by molar-refractivity contribution is 5.48. The first-order valence-electron chi connectivity index (χ1n) is 5.14. The average Bonchev–Trinajstić information content (AvgIpc) is 2.53. The summed E-state index contributed by atoms with van der Waals surface area (Å²) in [5.41, 5.74) is 0.0958. The molecule has 0 aliphatic heterocycles. The molecule has 2 aromatic rings. The predicted molar refractivity (Wildman–Crippen MR) is 62.8 cm³/mol. The van der Waals surface area contributed by atoms with Crippen molar-refractivity contribution in [2.75, 3.05) is 0 Å². The van der Waals surface area contributed by atoms with Crippen molar-refractivity contribution in [2.24, 2.45) is 7.05 Å². The number of phenolic OH excluding ortho intramolecular Hbond substituents is 1. The Hall–Kier alpha value is -2.57. The summed E-state index contributed by atoms with van der Waals surface area (Å²) < 4.78 is 6.69. The molecule has 7 nitrogen and oxygen atoms in total. The maximum absolute atomic E-state index is 10.9. The van der Waals surface area contributed by atoms with E-state index < -0.39 is 4.92 Å². The molecule has 0 radical (unpaired) electrons. The molecular formula is C11H11N3O4. The molecule has 1 aromatic heterocycles. The molecule has 94 valence electrons. The van der Waals surface area contributed by atoms with Gasteiger partial charge in [0.1, 0.15) is 17.2 Å². The number of benzene rings is 1. The summed E-state index contributed by atoms with van der Waals surface area (Å²) >= 11 is 0. The summed E-state index contributed by atoms with van der Waals surface area (Å²) in [6, 6.07) is 6.02. The second-order valence-electron chi connectivity index (χ2n) is 3.72. The van der Waals surface area contributed by atoms with Crippen LogP contribution in [-0.2, 0) is 7.05 Å². The molecule has 0 unspecified atom stereocenters. The lowest BCUT2D eigenvalue weighted by molar-refractivity contribution is -0.386. The molecule has 1 aromatic carbocycles. The highest BCUT2D eigenvalue weighted by Crippen LogP contribution is 2.34. The van der Waals surface area contributed by atoms with Crippen LogP contribution in [0.25, 0.3) is 0 Å². The third-order valence-electron chi connectivity index (χ3n) is 2.35.